The second-order valence-electron chi connectivity index (χ2n) is 8.27. The van der Waals surface area contributed by atoms with Gasteiger partial charge in [0, 0.05) is 32.4 Å². The van der Waals surface area contributed by atoms with Gasteiger partial charge < -0.3 is 9.47 Å². The number of imidazole rings is 1. The van der Waals surface area contributed by atoms with Crippen molar-refractivity contribution < 1.29 is 0 Å². The Bertz CT molecular complexity index is 1150. The third-order valence-electron chi connectivity index (χ3n) is 5.67. The van der Waals surface area contributed by atoms with Crippen LogP contribution in [-0.4, -0.2) is 25.2 Å². The highest BCUT2D eigenvalue weighted by molar-refractivity contribution is 5.76. The van der Waals surface area contributed by atoms with Crippen LogP contribution in [0, 0.1) is 5.92 Å². The molecule has 0 bridgehead atoms. The summed E-state index contributed by atoms with van der Waals surface area (Å²) < 4.78 is 4.88. The molecule has 0 amide bonds. The molecule has 0 saturated carbocycles. The molecule has 1 aromatic carbocycles. The number of hydrogen-bond donors (Lipinski definition) is 0. The Hall–Kier alpha value is -2.83. The van der Waals surface area contributed by atoms with E-state index in [0.717, 1.165) is 44.0 Å². The predicted molar refractivity (Wildman–Crippen MR) is 116 cm³/mol. The molecule has 0 aliphatic carbocycles. The van der Waals surface area contributed by atoms with Crippen LogP contribution in [0.1, 0.15) is 39.2 Å². The number of nitrogens with zero attached hydrogens (tertiary/aromatic N) is 5. The van der Waals surface area contributed by atoms with Gasteiger partial charge in [-0.05, 0) is 42.9 Å². The molecule has 0 spiro atoms. The Kier molecular flexibility index (Phi) is 5.06. The number of aromatic nitrogens is 4. The summed E-state index contributed by atoms with van der Waals surface area (Å²) in [5.74, 6) is 0.953. The molecular formula is C22H29N5O2. The minimum absolute atomic E-state index is 0.206. The maximum Gasteiger partial charge on any atom is 0.332 e. The van der Waals surface area contributed by atoms with Gasteiger partial charge in [-0.2, -0.15) is 4.98 Å². The Morgan fingerprint density at radius 2 is 1.76 bits per heavy atom. The fourth-order valence-electron chi connectivity index (χ4n) is 4.10. The zero-order valence-electron chi connectivity index (χ0n) is 17.7. The first-order chi connectivity index (χ1) is 13.9. The van der Waals surface area contributed by atoms with Gasteiger partial charge in [-0.3, -0.25) is 13.9 Å². The molecule has 7 heteroatoms. The maximum atomic E-state index is 13.3. The van der Waals surface area contributed by atoms with Gasteiger partial charge in [0.25, 0.3) is 5.56 Å². The molecule has 0 saturated heterocycles. The minimum atomic E-state index is -0.302. The van der Waals surface area contributed by atoms with Gasteiger partial charge in [-0.15, -0.1) is 0 Å². The molecule has 0 radical (unpaired) electrons. The maximum absolute atomic E-state index is 13.3. The van der Waals surface area contributed by atoms with Gasteiger partial charge in [0.1, 0.15) is 0 Å². The second kappa shape index (κ2) is 7.54. The van der Waals surface area contributed by atoms with Crippen LogP contribution in [0.15, 0.2) is 33.9 Å². The van der Waals surface area contributed by atoms with E-state index in [1.807, 2.05) is 18.4 Å². The van der Waals surface area contributed by atoms with Gasteiger partial charge in [-0.25, -0.2) is 4.79 Å². The van der Waals surface area contributed by atoms with Crippen LogP contribution in [0.3, 0.4) is 0 Å². The summed E-state index contributed by atoms with van der Waals surface area (Å²) in [6, 6.07) is 8.50. The molecule has 7 nitrogen and oxygen atoms in total. The lowest BCUT2D eigenvalue weighted by Gasteiger charge is -2.22. The lowest BCUT2D eigenvalue weighted by molar-refractivity contribution is 0.483. The molecular weight excluding hydrogens is 366 g/mol. The van der Waals surface area contributed by atoms with Crippen molar-refractivity contribution >= 4 is 22.8 Å². The molecule has 0 fully saturated rings. The minimum Gasteiger partial charge on any atom is -0.312 e. The van der Waals surface area contributed by atoms with E-state index in [9.17, 15) is 9.59 Å². The number of rotatable bonds is 4. The summed E-state index contributed by atoms with van der Waals surface area (Å²) in [6.45, 7) is 8.13. The number of anilines is 2. The normalized spacial score (nSPS) is 14.4. The average Bonchev–Trinajstić information content (AvgIpc) is 2.97. The molecule has 29 heavy (non-hydrogen) atoms. The molecule has 1 aliphatic heterocycles. The molecule has 4 rings (SSSR count). The van der Waals surface area contributed by atoms with Crippen molar-refractivity contribution in [3.05, 3.63) is 50.7 Å². The number of fused-ring (bicyclic) bond motifs is 3. The number of hydrogen-bond acceptors (Lipinski definition) is 4. The van der Waals surface area contributed by atoms with E-state index in [4.69, 9.17) is 4.98 Å². The van der Waals surface area contributed by atoms with E-state index in [-0.39, 0.29) is 17.2 Å². The predicted octanol–water partition coefficient (Wildman–Crippen LogP) is 3.05. The number of benzene rings is 1. The van der Waals surface area contributed by atoms with Crippen LogP contribution in [0.25, 0.3) is 11.2 Å². The molecule has 0 N–H and O–H groups in total. The Morgan fingerprint density at radius 1 is 1.07 bits per heavy atom. The summed E-state index contributed by atoms with van der Waals surface area (Å²) in [5.41, 5.74) is 2.80. The van der Waals surface area contributed by atoms with Crippen LogP contribution < -0.4 is 16.1 Å². The topological polar surface area (TPSA) is 65.1 Å². The van der Waals surface area contributed by atoms with Crippen LogP contribution in [0.2, 0.25) is 0 Å². The third-order valence-corrected chi connectivity index (χ3v) is 5.67. The standard InChI is InChI=1S/C22H29N5O2/c1-5-16-8-10-17(11-9-16)25-12-6-7-13-26-18-19(23-21(25)26)24(4)22(29)27(20(18)28)14-15(2)3/h8-11,15H,5-7,12-14H2,1-4H3. The van der Waals surface area contributed by atoms with E-state index in [1.54, 1.807) is 7.05 Å². The molecule has 1 aliphatic rings. The van der Waals surface area contributed by atoms with Crippen molar-refractivity contribution in [2.75, 3.05) is 11.4 Å². The van der Waals surface area contributed by atoms with Gasteiger partial charge in [0.2, 0.25) is 5.95 Å². The number of aryl methyl sites for hydroxylation is 3. The zero-order valence-corrected chi connectivity index (χ0v) is 17.7. The Morgan fingerprint density at radius 3 is 2.41 bits per heavy atom. The molecule has 0 atom stereocenters. The Labute approximate surface area is 170 Å². The highest BCUT2D eigenvalue weighted by Crippen LogP contribution is 2.30. The first kappa shape index (κ1) is 19.5. The van der Waals surface area contributed by atoms with Crippen molar-refractivity contribution in [1.29, 1.82) is 0 Å². The zero-order chi connectivity index (χ0) is 20.7. The molecule has 2 aromatic heterocycles. The largest absolute Gasteiger partial charge is 0.332 e. The van der Waals surface area contributed by atoms with Gasteiger partial charge in [0.05, 0.1) is 0 Å². The molecule has 3 heterocycles. The summed E-state index contributed by atoms with van der Waals surface area (Å²) in [7, 11) is 1.70. The lowest BCUT2D eigenvalue weighted by atomic mass is 10.1. The van der Waals surface area contributed by atoms with Crippen molar-refractivity contribution in [2.45, 2.75) is 53.1 Å². The van der Waals surface area contributed by atoms with Crippen LogP contribution in [0.4, 0.5) is 11.6 Å². The first-order valence-electron chi connectivity index (χ1n) is 10.5. The van der Waals surface area contributed by atoms with Crippen LogP contribution in [-0.2, 0) is 26.6 Å². The molecule has 0 unspecified atom stereocenters. The molecule has 154 valence electrons. The lowest BCUT2D eigenvalue weighted by Crippen LogP contribution is -2.40. The van der Waals surface area contributed by atoms with E-state index in [1.165, 1.54) is 14.7 Å². The van der Waals surface area contributed by atoms with Gasteiger partial charge in [-0.1, -0.05) is 32.9 Å². The highest BCUT2D eigenvalue weighted by Gasteiger charge is 2.26. The SMILES string of the molecule is CCc1ccc(N2CCCCn3c2nc2c3c(=O)n(CC(C)C)c(=O)n2C)cc1. The quantitative estimate of drug-likeness (QED) is 0.681. The van der Waals surface area contributed by atoms with Gasteiger partial charge >= 0.3 is 5.69 Å². The summed E-state index contributed by atoms with van der Waals surface area (Å²) >= 11 is 0. The average molecular weight is 396 g/mol. The summed E-state index contributed by atoms with van der Waals surface area (Å²) in [4.78, 5) is 33.0. The second-order valence-corrected chi connectivity index (χ2v) is 8.27. The van der Waals surface area contributed by atoms with Crippen molar-refractivity contribution in [3.8, 4) is 0 Å². The van der Waals surface area contributed by atoms with Crippen molar-refractivity contribution in [3.63, 3.8) is 0 Å². The summed E-state index contributed by atoms with van der Waals surface area (Å²) in [5, 5.41) is 0. The van der Waals surface area contributed by atoms with E-state index >= 15 is 0 Å². The van der Waals surface area contributed by atoms with Crippen molar-refractivity contribution in [1.82, 2.24) is 18.7 Å². The fraction of sp³-hybridized carbons (Fsp3) is 0.500. The van der Waals surface area contributed by atoms with Crippen LogP contribution in [0.5, 0.6) is 0 Å². The Balaban J connectivity index is 1.95. The van der Waals surface area contributed by atoms with Gasteiger partial charge in [0.15, 0.2) is 11.2 Å². The monoisotopic (exact) mass is 395 g/mol. The summed E-state index contributed by atoms with van der Waals surface area (Å²) in [6.07, 6.45) is 2.98. The molecule has 3 aromatic rings. The van der Waals surface area contributed by atoms with E-state index < -0.39 is 0 Å². The first-order valence-corrected chi connectivity index (χ1v) is 10.5. The van der Waals surface area contributed by atoms with E-state index in [0.29, 0.717) is 17.7 Å². The fourth-order valence-corrected chi connectivity index (χ4v) is 4.10. The third kappa shape index (κ3) is 3.28. The smallest absolute Gasteiger partial charge is 0.312 e. The van der Waals surface area contributed by atoms with E-state index in [2.05, 4.69) is 36.1 Å². The van der Waals surface area contributed by atoms with Crippen molar-refractivity contribution in [2.24, 2.45) is 13.0 Å². The van der Waals surface area contributed by atoms with Crippen LogP contribution >= 0.6 is 0 Å². The highest BCUT2D eigenvalue weighted by atomic mass is 16.2.